The molecule has 0 aromatic heterocycles. The molecular formula is C16H32N2O. The van der Waals surface area contributed by atoms with Crippen molar-refractivity contribution in [2.24, 2.45) is 5.92 Å². The SMILES string of the molecule is CCNC(C)(CO)CCN1CCCC1C1CCCC1. The molecule has 0 aromatic rings. The van der Waals surface area contributed by atoms with E-state index in [-0.39, 0.29) is 12.1 Å². The van der Waals surface area contributed by atoms with Crippen LogP contribution in [-0.4, -0.2) is 47.8 Å². The highest BCUT2D eigenvalue weighted by molar-refractivity contribution is 4.90. The Morgan fingerprint density at radius 3 is 2.58 bits per heavy atom. The predicted octanol–water partition coefficient (Wildman–Crippen LogP) is 2.39. The third kappa shape index (κ3) is 3.93. The largest absolute Gasteiger partial charge is 0.394 e. The summed E-state index contributed by atoms with van der Waals surface area (Å²) >= 11 is 0. The maximum Gasteiger partial charge on any atom is 0.0611 e. The Hall–Kier alpha value is -0.120. The van der Waals surface area contributed by atoms with Crippen LogP contribution in [0.3, 0.4) is 0 Å². The second-order valence-electron chi connectivity index (χ2n) is 6.79. The van der Waals surface area contributed by atoms with Gasteiger partial charge in [0.2, 0.25) is 0 Å². The van der Waals surface area contributed by atoms with Crippen LogP contribution >= 0.6 is 0 Å². The molecule has 0 aromatic carbocycles. The monoisotopic (exact) mass is 268 g/mol. The van der Waals surface area contributed by atoms with Crippen molar-refractivity contribution in [1.29, 1.82) is 0 Å². The normalized spacial score (nSPS) is 28.9. The molecule has 0 amide bonds. The Morgan fingerprint density at radius 1 is 1.21 bits per heavy atom. The number of aliphatic hydroxyl groups is 1. The first kappa shape index (κ1) is 15.3. The first-order valence-electron chi connectivity index (χ1n) is 8.28. The fourth-order valence-electron chi connectivity index (χ4n) is 4.05. The smallest absolute Gasteiger partial charge is 0.0611 e. The molecule has 3 heteroatoms. The van der Waals surface area contributed by atoms with Crippen molar-refractivity contribution in [3.05, 3.63) is 0 Å². The number of hydrogen-bond acceptors (Lipinski definition) is 3. The fraction of sp³-hybridized carbons (Fsp3) is 1.00. The van der Waals surface area contributed by atoms with Gasteiger partial charge in [0.15, 0.2) is 0 Å². The maximum absolute atomic E-state index is 9.59. The third-order valence-electron chi connectivity index (χ3n) is 5.26. The minimum absolute atomic E-state index is 0.0996. The van der Waals surface area contributed by atoms with E-state index >= 15 is 0 Å². The lowest BCUT2D eigenvalue weighted by atomic mass is 9.94. The van der Waals surface area contributed by atoms with Gasteiger partial charge in [0, 0.05) is 18.1 Å². The van der Waals surface area contributed by atoms with Crippen LogP contribution in [-0.2, 0) is 0 Å². The van der Waals surface area contributed by atoms with Gasteiger partial charge in [-0.15, -0.1) is 0 Å². The standard InChI is InChI=1S/C16H32N2O/c1-3-17-16(2,13-19)10-12-18-11-6-9-15(18)14-7-4-5-8-14/h14-15,17,19H,3-13H2,1-2H3. The maximum atomic E-state index is 9.59. The molecule has 2 rings (SSSR count). The molecule has 1 aliphatic carbocycles. The van der Waals surface area contributed by atoms with Gasteiger partial charge in [0.1, 0.15) is 0 Å². The molecule has 0 radical (unpaired) electrons. The summed E-state index contributed by atoms with van der Waals surface area (Å²) in [6, 6.07) is 0.840. The van der Waals surface area contributed by atoms with E-state index in [9.17, 15) is 5.11 Å². The lowest BCUT2D eigenvalue weighted by Gasteiger charge is -2.34. The second kappa shape index (κ2) is 7.05. The summed E-state index contributed by atoms with van der Waals surface area (Å²) in [7, 11) is 0. The quantitative estimate of drug-likeness (QED) is 0.744. The zero-order valence-corrected chi connectivity index (χ0v) is 12.8. The van der Waals surface area contributed by atoms with Gasteiger partial charge < -0.3 is 15.3 Å². The molecule has 2 unspecified atom stereocenters. The molecule has 2 fully saturated rings. The zero-order valence-electron chi connectivity index (χ0n) is 12.8. The second-order valence-corrected chi connectivity index (χ2v) is 6.79. The van der Waals surface area contributed by atoms with Crippen molar-refractivity contribution >= 4 is 0 Å². The van der Waals surface area contributed by atoms with Crippen LogP contribution < -0.4 is 5.32 Å². The van der Waals surface area contributed by atoms with E-state index in [0.717, 1.165) is 31.5 Å². The van der Waals surface area contributed by atoms with E-state index in [2.05, 4.69) is 24.1 Å². The van der Waals surface area contributed by atoms with Crippen molar-refractivity contribution in [3.63, 3.8) is 0 Å². The molecule has 2 N–H and O–H groups in total. The van der Waals surface area contributed by atoms with Crippen LogP contribution in [0.4, 0.5) is 0 Å². The van der Waals surface area contributed by atoms with Gasteiger partial charge >= 0.3 is 0 Å². The van der Waals surface area contributed by atoms with E-state index < -0.39 is 0 Å². The van der Waals surface area contributed by atoms with Gasteiger partial charge in [-0.05, 0) is 58.0 Å². The molecule has 19 heavy (non-hydrogen) atoms. The highest BCUT2D eigenvalue weighted by Gasteiger charge is 2.34. The van der Waals surface area contributed by atoms with Crippen molar-refractivity contribution in [1.82, 2.24) is 10.2 Å². The Morgan fingerprint density at radius 2 is 1.95 bits per heavy atom. The number of hydrogen-bond donors (Lipinski definition) is 2. The van der Waals surface area contributed by atoms with Crippen LogP contribution in [0.2, 0.25) is 0 Å². The molecule has 1 aliphatic heterocycles. The fourth-order valence-corrected chi connectivity index (χ4v) is 4.05. The average molecular weight is 268 g/mol. The Kier molecular flexibility index (Phi) is 5.67. The van der Waals surface area contributed by atoms with Gasteiger partial charge in [0.25, 0.3) is 0 Å². The van der Waals surface area contributed by atoms with Crippen molar-refractivity contribution in [2.75, 3.05) is 26.2 Å². The molecule has 0 spiro atoms. The number of rotatable bonds is 7. The molecule has 1 saturated carbocycles. The van der Waals surface area contributed by atoms with Crippen LogP contribution in [0.5, 0.6) is 0 Å². The summed E-state index contributed by atoms with van der Waals surface area (Å²) < 4.78 is 0. The minimum Gasteiger partial charge on any atom is -0.394 e. The Labute approximate surface area is 118 Å². The zero-order chi connectivity index (χ0) is 13.7. The molecule has 2 atom stereocenters. The number of likely N-dealkylation sites (N-methyl/N-ethyl adjacent to an activating group) is 1. The van der Waals surface area contributed by atoms with Gasteiger partial charge in [-0.2, -0.15) is 0 Å². The van der Waals surface area contributed by atoms with Crippen molar-refractivity contribution in [3.8, 4) is 0 Å². The Bertz CT molecular complexity index is 265. The lowest BCUT2D eigenvalue weighted by molar-refractivity contribution is 0.129. The molecule has 112 valence electrons. The highest BCUT2D eigenvalue weighted by Crippen LogP contribution is 2.35. The van der Waals surface area contributed by atoms with E-state index in [0.29, 0.717) is 0 Å². The Balaban J connectivity index is 1.83. The van der Waals surface area contributed by atoms with E-state index in [4.69, 9.17) is 0 Å². The van der Waals surface area contributed by atoms with Crippen LogP contribution in [0.15, 0.2) is 0 Å². The summed E-state index contributed by atoms with van der Waals surface area (Å²) in [4.78, 5) is 2.71. The van der Waals surface area contributed by atoms with Gasteiger partial charge in [0.05, 0.1) is 6.61 Å². The van der Waals surface area contributed by atoms with Crippen molar-refractivity contribution in [2.45, 2.75) is 70.4 Å². The molecule has 1 saturated heterocycles. The van der Waals surface area contributed by atoms with E-state index in [1.54, 1.807) is 0 Å². The topological polar surface area (TPSA) is 35.5 Å². The summed E-state index contributed by atoms with van der Waals surface area (Å²) in [5.41, 5.74) is -0.0996. The van der Waals surface area contributed by atoms with Crippen LogP contribution in [0, 0.1) is 5.92 Å². The summed E-state index contributed by atoms with van der Waals surface area (Å²) in [5.74, 6) is 0.960. The van der Waals surface area contributed by atoms with Crippen LogP contribution in [0.25, 0.3) is 0 Å². The van der Waals surface area contributed by atoms with Gasteiger partial charge in [-0.3, -0.25) is 0 Å². The molecule has 3 nitrogen and oxygen atoms in total. The lowest BCUT2D eigenvalue weighted by Crippen LogP contribution is -2.48. The average Bonchev–Trinajstić information content (AvgIpc) is 3.07. The molecule has 2 aliphatic rings. The minimum atomic E-state index is -0.0996. The first-order valence-corrected chi connectivity index (χ1v) is 8.28. The number of nitrogens with one attached hydrogen (secondary N) is 1. The number of aliphatic hydroxyl groups excluding tert-OH is 1. The number of likely N-dealkylation sites (tertiary alicyclic amines) is 1. The summed E-state index contributed by atoms with van der Waals surface area (Å²) in [6.07, 6.45) is 9.62. The van der Waals surface area contributed by atoms with E-state index in [1.807, 2.05) is 0 Å². The molecular weight excluding hydrogens is 236 g/mol. The molecule has 1 heterocycles. The third-order valence-corrected chi connectivity index (χ3v) is 5.26. The van der Waals surface area contributed by atoms with E-state index in [1.165, 1.54) is 45.1 Å². The van der Waals surface area contributed by atoms with Crippen LogP contribution in [0.1, 0.15) is 58.8 Å². The number of nitrogens with zero attached hydrogens (tertiary/aromatic N) is 1. The first-order chi connectivity index (χ1) is 9.18. The predicted molar refractivity (Wildman–Crippen MR) is 80.3 cm³/mol. The highest BCUT2D eigenvalue weighted by atomic mass is 16.3. The summed E-state index contributed by atoms with van der Waals surface area (Å²) in [6.45, 7) is 7.86. The van der Waals surface area contributed by atoms with Crippen molar-refractivity contribution < 1.29 is 5.11 Å². The van der Waals surface area contributed by atoms with Gasteiger partial charge in [-0.25, -0.2) is 0 Å². The molecule has 0 bridgehead atoms. The summed E-state index contributed by atoms with van der Waals surface area (Å²) in [5, 5.41) is 13.0. The van der Waals surface area contributed by atoms with Gasteiger partial charge in [-0.1, -0.05) is 19.8 Å².